The summed E-state index contributed by atoms with van der Waals surface area (Å²) in [5, 5.41) is 4.42. The van der Waals surface area contributed by atoms with E-state index in [1.165, 1.54) is 12.1 Å². The van der Waals surface area contributed by atoms with Crippen LogP contribution < -0.4 is 14.8 Å². The fraction of sp³-hybridized carbons (Fsp3) is 0.143. The molecule has 140 valence electrons. The minimum Gasteiger partial charge on any atom is -0.493 e. The molecule has 0 saturated heterocycles. The maximum atomic E-state index is 13.0. The molecule has 0 aliphatic carbocycles. The minimum absolute atomic E-state index is 0.269. The zero-order valence-corrected chi connectivity index (χ0v) is 16.1. The van der Waals surface area contributed by atoms with E-state index in [0.29, 0.717) is 34.7 Å². The maximum absolute atomic E-state index is 13.0. The largest absolute Gasteiger partial charge is 0.493 e. The molecule has 0 aromatic heterocycles. The van der Waals surface area contributed by atoms with E-state index in [2.05, 4.69) is 5.32 Å². The predicted octanol–water partition coefficient (Wildman–Crippen LogP) is 6.33. The molecule has 0 aliphatic rings. The Morgan fingerprint density at radius 2 is 1.63 bits per heavy atom. The predicted molar refractivity (Wildman–Crippen MR) is 108 cm³/mol. The normalized spacial score (nSPS) is 10.5. The highest BCUT2D eigenvalue weighted by atomic mass is 35.5. The molecule has 1 N–H and O–H groups in total. The number of rotatable bonds is 7. The van der Waals surface area contributed by atoms with Crippen LogP contribution in [0, 0.1) is 5.82 Å². The zero-order valence-electron chi connectivity index (χ0n) is 14.6. The third-order valence-corrected chi connectivity index (χ3v) is 4.50. The molecule has 6 heteroatoms. The van der Waals surface area contributed by atoms with E-state index >= 15 is 0 Å². The molecule has 0 aliphatic heterocycles. The molecule has 27 heavy (non-hydrogen) atoms. The Kier molecular flexibility index (Phi) is 6.43. The van der Waals surface area contributed by atoms with E-state index in [1.807, 2.05) is 24.3 Å². The molecule has 3 nitrogen and oxygen atoms in total. The SMILES string of the molecule is COc1cc(CNc2ccc(Cl)cc2Cl)ccc1OCc1ccc(F)cc1. The van der Waals surface area contributed by atoms with Gasteiger partial charge < -0.3 is 14.8 Å². The average molecular weight is 406 g/mol. The lowest BCUT2D eigenvalue weighted by Gasteiger charge is -2.13. The lowest BCUT2D eigenvalue weighted by atomic mass is 10.2. The van der Waals surface area contributed by atoms with Crippen LogP contribution in [-0.2, 0) is 13.2 Å². The Morgan fingerprint density at radius 1 is 0.889 bits per heavy atom. The van der Waals surface area contributed by atoms with Gasteiger partial charge in [-0.1, -0.05) is 41.4 Å². The van der Waals surface area contributed by atoms with Crippen LogP contribution in [0.4, 0.5) is 10.1 Å². The van der Waals surface area contributed by atoms with Crippen molar-refractivity contribution in [2.45, 2.75) is 13.2 Å². The van der Waals surface area contributed by atoms with Crippen molar-refractivity contribution in [2.24, 2.45) is 0 Å². The maximum Gasteiger partial charge on any atom is 0.161 e. The van der Waals surface area contributed by atoms with Crippen molar-refractivity contribution in [3.05, 3.63) is 87.7 Å². The number of hydrogen-bond donors (Lipinski definition) is 1. The summed E-state index contributed by atoms with van der Waals surface area (Å²) >= 11 is 12.1. The van der Waals surface area contributed by atoms with Gasteiger partial charge in [0, 0.05) is 11.6 Å². The molecular formula is C21H18Cl2FNO2. The van der Waals surface area contributed by atoms with Crippen molar-refractivity contribution >= 4 is 28.9 Å². The van der Waals surface area contributed by atoms with Crippen LogP contribution in [0.1, 0.15) is 11.1 Å². The Bertz CT molecular complexity index is 917. The highest BCUT2D eigenvalue weighted by Gasteiger charge is 2.08. The fourth-order valence-corrected chi connectivity index (χ4v) is 2.99. The summed E-state index contributed by atoms with van der Waals surface area (Å²) in [6.45, 7) is 0.893. The summed E-state index contributed by atoms with van der Waals surface area (Å²) in [5.41, 5.74) is 2.69. The third kappa shape index (κ3) is 5.28. The first kappa shape index (κ1) is 19.3. The van der Waals surface area contributed by atoms with Crippen molar-refractivity contribution in [3.63, 3.8) is 0 Å². The lowest BCUT2D eigenvalue weighted by molar-refractivity contribution is 0.284. The van der Waals surface area contributed by atoms with Gasteiger partial charge in [-0.15, -0.1) is 0 Å². The second-order valence-corrected chi connectivity index (χ2v) is 6.72. The second kappa shape index (κ2) is 8.98. The molecule has 0 amide bonds. The Balaban J connectivity index is 1.65. The standard InChI is InChI=1S/C21H18Cl2FNO2/c1-26-21-10-15(12-25-19-8-5-16(22)11-18(19)23)4-9-20(21)27-13-14-2-6-17(24)7-3-14/h2-11,25H,12-13H2,1H3. The monoisotopic (exact) mass is 405 g/mol. The van der Waals surface area contributed by atoms with E-state index in [-0.39, 0.29) is 5.82 Å². The molecule has 3 rings (SSSR count). The van der Waals surface area contributed by atoms with Gasteiger partial charge in [0.25, 0.3) is 0 Å². The number of anilines is 1. The van der Waals surface area contributed by atoms with E-state index in [0.717, 1.165) is 16.8 Å². The van der Waals surface area contributed by atoms with E-state index in [9.17, 15) is 4.39 Å². The van der Waals surface area contributed by atoms with Crippen LogP contribution in [0.25, 0.3) is 0 Å². The lowest BCUT2D eigenvalue weighted by Crippen LogP contribution is -2.02. The number of halogens is 3. The van der Waals surface area contributed by atoms with Crippen molar-refractivity contribution in [1.82, 2.24) is 0 Å². The summed E-state index contributed by atoms with van der Waals surface area (Å²) in [6.07, 6.45) is 0. The zero-order chi connectivity index (χ0) is 19.2. The van der Waals surface area contributed by atoms with Crippen LogP contribution in [-0.4, -0.2) is 7.11 Å². The number of benzene rings is 3. The summed E-state index contributed by atoms with van der Waals surface area (Å²) in [7, 11) is 1.59. The minimum atomic E-state index is -0.269. The van der Waals surface area contributed by atoms with Gasteiger partial charge in [-0.3, -0.25) is 0 Å². The van der Waals surface area contributed by atoms with Crippen LogP contribution >= 0.6 is 23.2 Å². The first-order chi connectivity index (χ1) is 13.0. The molecule has 0 bridgehead atoms. The van der Waals surface area contributed by atoms with Gasteiger partial charge in [0.1, 0.15) is 12.4 Å². The number of hydrogen-bond acceptors (Lipinski definition) is 3. The first-order valence-electron chi connectivity index (χ1n) is 8.28. The third-order valence-electron chi connectivity index (χ3n) is 3.95. The van der Waals surface area contributed by atoms with Gasteiger partial charge in [-0.2, -0.15) is 0 Å². The van der Waals surface area contributed by atoms with E-state index in [4.69, 9.17) is 32.7 Å². The molecule has 0 radical (unpaired) electrons. The smallest absolute Gasteiger partial charge is 0.161 e. The van der Waals surface area contributed by atoms with Crippen molar-refractivity contribution in [1.29, 1.82) is 0 Å². The van der Waals surface area contributed by atoms with Crippen molar-refractivity contribution in [2.75, 3.05) is 12.4 Å². The van der Waals surface area contributed by atoms with Gasteiger partial charge in [-0.25, -0.2) is 4.39 Å². The summed E-state index contributed by atoms with van der Waals surface area (Å²) in [4.78, 5) is 0. The van der Waals surface area contributed by atoms with Gasteiger partial charge >= 0.3 is 0 Å². The van der Waals surface area contributed by atoms with Gasteiger partial charge in [0.15, 0.2) is 11.5 Å². The van der Waals surface area contributed by atoms with Crippen LogP contribution in [0.5, 0.6) is 11.5 Å². The Hall–Kier alpha value is -2.43. The molecule has 0 atom stereocenters. The summed E-state index contributed by atoms with van der Waals surface area (Å²) < 4.78 is 24.2. The quantitative estimate of drug-likeness (QED) is 0.497. The molecule has 0 saturated carbocycles. The number of methoxy groups -OCH3 is 1. The summed E-state index contributed by atoms with van der Waals surface area (Å²) in [6, 6.07) is 17.2. The Morgan fingerprint density at radius 3 is 2.33 bits per heavy atom. The fourth-order valence-electron chi connectivity index (χ4n) is 2.51. The van der Waals surface area contributed by atoms with Gasteiger partial charge in [0.05, 0.1) is 17.8 Å². The molecular weight excluding hydrogens is 388 g/mol. The van der Waals surface area contributed by atoms with E-state index in [1.54, 1.807) is 31.4 Å². The molecule has 0 unspecified atom stereocenters. The molecule has 3 aromatic carbocycles. The number of ether oxygens (including phenoxy) is 2. The van der Waals surface area contributed by atoms with Crippen LogP contribution in [0.3, 0.4) is 0 Å². The molecule has 0 heterocycles. The molecule has 0 spiro atoms. The average Bonchev–Trinajstić information content (AvgIpc) is 2.67. The highest BCUT2D eigenvalue weighted by Crippen LogP contribution is 2.30. The molecule has 0 fully saturated rings. The Labute approximate surface area is 167 Å². The van der Waals surface area contributed by atoms with Crippen LogP contribution in [0.2, 0.25) is 10.0 Å². The molecule has 3 aromatic rings. The topological polar surface area (TPSA) is 30.5 Å². The van der Waals surface area contributed by atoms with Crippen molar-refractivity contribution < 1.29 is 13.9 Å². The number of nitrogens with one attached hydrogen (secondary N) is 1. The second-order valence-electron chi connectivity index (χ2n) is 5.88. The first-order valence-corrected chi connectivity index (χ1v) is 9.04. The van der Waals surface area contributed by atoms with Crippen molar-refractivity contribution in [3.8, 4) is 11.5 Å². The van der Waals surface area contributed by atoms with Gasteiger partial charge in [-0.05, 0) is 53.6 Å². The van der Waals surface area contributed by atoms with Gasteiger partial charge in [0.2, 0.25) is 0 Å². The van der Waals surface area contributed by atoms with E-state index < -0.39 is 0 Å². The summed E-state index contributed by atoms with van der Waals surface area (Å²) in [5.74, 6) is 0.975. The highest BCUT2D eigenvalue weighted by molar-refractivity contribution is 6.36. The van der Waals surface area contributed by atoms with Crippen LogP contribution in [0.15, 0.2) is 60.7 Å².